The van der Waals surface area contributed by atoms with Crippen molar-refractivity contribution < 1.29 is 9.59 Å². The molecule has 30 heavy (non-hydrogen) atoms. The minimum atomic E-state index is -0.108. The number of hydrogen-bond donors (Lipinski definition) is 1. The molecule has 0 bridgehead atoms. The quantitative estimate of drug-likeness (QED) is 0.706. The number of aromatic amines is 1. The number of benzene rings is 1. The highest BCUT2D eigenvalue weighted by Gasteiger charge is 2.30. The van der Waals surface area contributed by atoms with Crippen LogP contribution in [0.25, 0.3) is 0 Å². The maximum atomic E-state index is 13.2. The molecule has 0 radical (unpaired) electrons. The van der Waals surface area contributed by atoms with Crippen molar-refractivity contribution in [1.82, 2.24) is 25.1 Å². The maximum absolute atomic E-state index is 13.2. The molecule has 1 aromatic carbocycles. The number of hydrogen-bond acceptors (Lipinski definition) is 5. The fourth-order valence-electron chi connectivity index (χ4n) is 3.92. The number of likely N-dealkylation sites (tertiary alicyclic amines) is 1. The number of piperidine rings is 1. The Kier molecular flexibility index (Phi) is 5.83. The third-order valence-corrected chi connectivity index (χ3v) is 5.50. The van der Waals surface area contributed by atoms with E-state index in [0.29, 0.717) is 30.9 Å². The van der Waals surface area contributed by atoms with E-state index < -0.39 is 0 Å². The Balaban J connectivity index is 1.46. The SMILES string of the molecule is CCN(C(=O)c1cn[nH]c1C1CCN(C(=O)c2cnccn2)CC1)c1ccccc1. The number of nitrogens with zero attached hydrogens (tertiary/aromatic N) is 5. The lowest BCUT2D eigenvalue weighted by molar-refractivity contribution is 0.0704. The number of aromatic nitrogens is 4. The van der Waals surface area contributed by atoms with Crippen LogP contribution in [0.3, 0.4) is 0 Å². The molecular weight excluding hydrogens is 380 g/mol. The maximum Gasteiger partial charge on any atom is 0.274 e. The van der Waals surface area contributed by atoms with Crippen LogP contribution >= 0.6 is 0 Å². The Morgan fingerprint density at radius 3 is 2.57 bits per heavy atom. The Morgan fingerprint density at radius 2 is 1.90 bits per heavy atom. The van der Waals surface area contributed by atoms with E-state index in [9.17, 15) is 9.59 Å². The Bertz CT molecular complexity index is 997. The van der Waals surface area contributed by atoms with E-state index in [1.54, 1.807) is 22.2 Å². The molecular formula is C22H24N6O2. The van der Waals surface area contributed by atoms with E-state index in [0.717, 1.165) is 24.2 Å². The average Bonchev–Trinajstić information content (AvgIpc) is 3.30. The zero-order valence-electron chi connectivity index (χ0n) is 16.9. The summed E-state index contributed by atoms with van der Waals surface area (Å²) < 4.78 is 0. The van der Waals surface area contributed by atoms with Crippen LogP contribution in [0.5, 0.6) is 0 Å². The second kappa shape index (κ2) is 8.86. The largest absolute Gasteiger partial charge is 0.337 e. The lowest BCUT2D eigenvalue weighted by Crippen LogP contribution is -2.39. The van der Waals surface area contributed by atoms with Crippen molar-refractivity contribution >= 4 is 17.5 Å². The predicted octanol–water partition coefficient (Wildman–Crippen LogP) is 2.89. The number of carbonyl (C=O) groups excluding carboxylic acids is 2. The summed E-state index contributed by atoms with van der Waals surface area (Å²) in [5.74, 6) is -0.0268. The number of anilines is 1. The van der Waals surface area contributed by atoms with Gasteiger partial charge in [0.15, 0.2) is 0 Å². The van der Waals surface area contributed by atoms with Crippen LogP contribution < -0.4 is 4.90 Å². The van der Waals surface area contributed by atoms with Crippen molar-refractivity contribution in [1.29, 1.82) is 0 Å². The lowest BCUT2D eigenvalue weighted by Gasteiger charge is -2.32. The number of nitrogens with one attached hydrogen (secondary N) is 1. The number of para-hydroxylation sites is 1. The van der Waals surface area contributed by atoms with E-state index in [1.165, 1.54) is 12.4 Å². The Morgan fingerprint density at radius 1 is 1.13 bits per heavy atom. The van der Waals surface area contributed by atoms with Crippen molar-refractivity contribution in [2.45, 2.75) is 25.7 Å². The molecule has 1 N–H and O–H groups in total. The van der Waals surface area contributed by atoms with E-state index in [1.807, 2.05) is 37.3 Å². The Labute approximate surface area is 175 Å². The van der Waals surface area contributed by atoms with Gasteiger partial charge in [-0.2, -0.15) is 5.10 Å². The summed E-state index contributed by atoms with van der Waals surface area (Å²) in [5.41, 5.74) is 2.66. The van der Waals surface area contributed by atoms with Gasteiger partial charge >= 0.3 is 0 Å². The summed E-state index contributed by atoms with van der Waals surface area (Å²) in [6.07, 6.45) is 7.69. The molecule has 0 atom stereocenters. The normalized spacial score (nSPS) is 14.5. The van der Waals surface area contributed by atoms with Gasteiger partial charge < -0.3 is 9.80 Å². The molecule has 154 valence electrons. The van der Waals surface area contributed by atoms with Crippen LogP contribution in [0.4, 0.5) is 5.69 Å². The molecule has 8 heteroatoms. The molecule has 4 rings (SSSR count). The van der Waals surface area contributed by atoms with Crippen LogP contribution in [0, 0.1) is 0 Å². The molecule has 0 unspecified atom stereocenters. The minimum Gasteiger partial charge on any atom is -0.337 e. The predicted molar refractivity (Wildman–Crippen MR) is 112 cm³/mol. The van der Waals surface area contributed by atoms with Gasteiger partial charge in [-0.1, -0.05) is 18.2 Å². The molecule has 2 amide bonds. The fraction of sp³-hybridized carbons (Fsp3) is 0.318. The van der Waals surface area contributed by atoms with Gasteiger partial charge in [0, 0.05) is 43.6 Å². The Hall–Kier alpha value is -3.55. The summed E-state index contributed by atoms with van der Waals surface area (Å²) in [6, 6.07) is 9.63. The lowest BCUT2D eigenvalue weighted by atomic mass is 9.91. The smallest absolute Gasteiger partial charge is 0.274 e. The third kappa shape index (κ3) is 3.94. The van der Waals surface area contributed by atoms with Crippen LogP contribution in [0.1, 0.15) is 52.2 Å². The van der Waals surface area contributed by atoms with Crippen LogP contribution in [-0.4, -0.2) is 56.5 Å². The first-order valence-corrected chi connectivity index (χ1v) is 10.1. The highest BCUT2D eigenvalue weighted by molar-refractivity contribution is 6.06. The zero-order chi connectivity index (χ0) is 20.9. The van der Waals surface area contributed by atoms with Gasteiger partial charge in [0.1, 0.15) is 5.69 Å². The van der Waals surface area contributed by atoms with Crippen molar-refractivity contribution in [2.24, 2.45) is 0 Å². The summed E-state index contributed by atoms with van der Waals surface area (Å²) in [5, 5.41) is 7.20. The number of rotatable bonds is 5. The average molecular weight is 404 g/mol. The highest BCUT2D eigenvalue weighted by atomic mass is 16.2. The van der Waals surface area contributed by atoms with E-state index >= 15 is 0 Å². The second-order valence-electron chi connectivity index (χ2n) is 7.24. The summed E-state index contributed by atoms with van der Waals surface area (Å²) in [4.78, 5) is 37.5. The van der Waals surface area contributed by atoms with Crippen molar-refractivity contribution in [3.05, 3.63) is 72.1 Å². The van der Waals surface area contributed by atoms with Gasteiger partial charge in [0.05, 0.1) is 23.7 Å². The molecule has 1 fully saturated rings. The molecule has 3 heterocycles. The number of amides is 2. The molecule has 1 aliphatic heterocycles. The van der Waals surface area contributed by atoms with E-state index in [-0.39, 0.29) is 17.7 Å². The molecule has 1 aliphatic rings. The van der Waals surface area contributed by atoms with E-state index in [4.69, 9.17) is 0 Å². The van der Waals surface area contributed by atoms with Gasteiger partial charge in [0.25, 0.3) is 11.8 Å². The van der Waals surface area contributed by atoms with Crippen LogP contribution in [-0.2, 0) is 0 Å². The molecule has 0 spiro atoms. The fourth-order valence-corrected chi connectivity index (χ4v) is 3.92. The monoisotopic (exact) mass is 404 g/mol. The number of carbonyl (C=O) groups is 2. The first-order chi connectivity index (χ1) is 14.7. The zero-order valence-corrected chi connectivity index (χ0v) is 16.9. The van der Waals surface area contributed by atoms with Gasteiger partial charge in [0.2, 0.25) is 0 Å². The molecule has 3 aromatic rings. The van der Waals surface area contributed by atoms with Crippen molar-refractivity contribution in [3.8, 4) is 0 Å². The van der Waals surface area contributed by atoms with Gasteiger partial charge in [-0.3, -0.25) is 19.7 Å². The number of H-pyrrole nitrogens is 1. The first-order valence-electron chi connectivity index (χ1n) is 10.1. The summed E-state index contributed by atoms with van der Waals surface area (Å²) in [7, 11) is 0. The molecule has 0 saturated carbocycles. The van der Waals surface area contributed by atoms with E-state index in [2.05, 4.69) is 20.2 Å². The highest BCUT2D eigenvalue weighted by Crippen LogP contribution is 2.30. The molecule has 0 aliphatic carbocycles. The van der Waals surface area contributed by atoms with Crippen LogP contribution in [0.15, 0.2) is 55.1 Å². The summed E-state index contributed by atoms with van der Waals surface area (Å²) >= 11 is 0. The summed E-state index contributed by atoms with van der Waals surface area (Å²) in [6.45, 7) is 3.73. The molecule has 8 nitrogen and oxygen atoms in total. The third-order valence-electron chi connectivity index (χ3n) is 5.50. The standard InChI is InChI=1S/C22H24N6O2/c1-2-28(17-6-4-3-5-7-17)21(29)18-14-25-26-20(18)16-8-12-27(13-9-16)22(30)19-15-23-10-11-24-19/h3-7,10-11,14-16H,2,8-9,12-13H2,1H3,(H,25,26). The molecule has 1 saturated heterocycles. The van der Waals surface area contributed by atoms with Gasteiger partial charge in [-0.05, 0) is 31.9 Å². The van der Waals surface area contributed by atoms with Gasteiger partial charge in [-0.25, -0.2) is 4.98 Å². The minimum absolute atomic E-state index is 0.0643. The van der Waals surface area contributed by atoms with Crippen LogP contribution in [0.2, 0.25) is 0 Å². The van der Waals surface area contributed by atoms with Crippen molar-refractivity contribution in [2.75, 3.05) is 24.5 Å². The second-order valence-corrected chi connectivity index (χ2v) is 7.24. The van der Waals surface area contributed by atoms with Crippen molar-refractivity contribution in [3.63, 3.8) is 0 Å². The topological polar surface area (TPSA) is 95.1 Å². The van der Waals surface area contributed by atoms with Gasteiger partial charge in [-0.15, -0.1) is 0 Å². The molecule has 2 aromatic heterocycles. The first kappa shape index (κ1) is 19.8.